The average Bonchev–Trinajstić information content (AvgIpc) is 3.70. The third-order valence-corrected chi connectivity index (χ3v) is 11.3. The summed E-state index contributed by atoms with van der Waals surface area (Å²) < 4.78 is 16.0. The molecule has 268 valence electrons. The molecule has 0 spiro atoms. The molecule has 1 N–H and O–H groups in total. The molecular formula is C42H48BN4O4S+. The summed E-state index contributed by atoms with van der Waals surface area (Å²) in [7, 11) is -0.328. The second-order valence-corrected chi connectivity index (χ2v) is 14.5. The van der Waals surface area contributed by atoms with Gasteiger partial charge in [-0.1, -0.05) is 48.9 Å². The summed E-state index contributed by atoms with van der Waals surface area (Å²) in [5.41, 5.74) is 9.41. The topological polar surface area (TPSA) is 76.7 Å². The Hall–Kier alpha value is -4.38. The molecule has 8 nitrogen and oxygen atoms in total. The lowest BCUT2D eigenvalue weighted by atomic mass is 9.78. The monoisotopic (exact) mass is 715 g/mol. The van der Waals surface area contributed by atoms with Crippen LogP contribution < -0.4 is 20.2 Å². The number of ketones is 1. The number of fused-ring (bicyclic) bond motifs is 2. The quantitative estimate of drug-likeness (QED) is 0.0644. The molecule has 0 saturated carbocycles. The normalized spacial score (nSPS) is 17.4. The first-order valence-corrected chi connectivity index (χ1v) is 19.8. The van der Waals surface area contributed by atoms with Crippen LogP contribution in [0.5, 0.6) is 0 Å². The van der Waals surface area contributed by atoms with Gasteiger partial charge in [-0.2, -0.15) is 0 Å². The van der Waals surface area contributed by atoms with E-state index in [1.54, 1.807) is 11.8 Å². The Kier molecular flexibility index (Phi) is 11.4. The lowest BCUT2D eigenvalue weighted by Gasteiger charge is -2.26. The van der Waals surface area contributed by atoms with Crippen LogP contribution in [0.25, 0.3) is 17.1 Å². The number of Topliss-reactive ketones (excluding diaryl/α,β-unsaturated/α-hetero) is 1. The van der Waals surface area contributed by atoms with E-state index in [2.05, 4.69) is 101 Å². The molecule has 0 atom stereocenters. The lowest BCUT2D eigenvalue weighted by molar-refractivity contribution is -0.670. The first-order valence-electron chi connectivity index (χ1n) is 18.8. The maximum atomic E-state index is 14.0. The van der Waals surface area contributed by atoms with Crippen LogP contribution in [-0.4, -0.2) is 48.9 Å². The highest BCUT2D eigenvalue weighted by atomic mass is 32.2. The summed E-state index contributed by atoms with van der Waals surface area (Å²) in [6, 6.07) is 24.7. The molecule has 0 radical (unpaired) electrons. The van der Waals surface area contributed by atoms with Crippen molar-refractivity contribution in [1.82, 2.24) is 4.57 Å². The van der Waals surface area contributed by atoms with Crippen molar-refractivity contribution in [2.75, 3.05) is 35.7 Å². The number of nitrogens with zero attached hydrogens (tertiary/aromatic N) is 3. The van der Waals surface area contributed by atoms with Crippen molar-refractivity contribution >= 4 is 64.5 Å². The van der Waals surface area contributed by atoms with E-state index in [4.69, 9.17) is 9.31 Å². The van der Waals surface area contributed by atoms with Crippen LogP contribution in [0.3, 0.4) is 0 Å². The maximum Gasteiger partial charge on any atom is 0.493 e. The van der Waals surface area contributed by atoms with Gasteiger partial charge < -0.3 is 19.5 Å². The highest BCUT2D eigenvalue weighted by Crippen LogP contribution is 2.43. The van der Waals surface area contributed by atoms with Crippen LogP contribution in [0.2, 0.25) is 0 Å². The van der Waals surface area contributed by atoms with Crippen molar-refractivity contribution in [3.05, 3.63) is 112 Å². The van der Waals surface area contributed by atoms with Gasteiger partial charge in [0.05, 0.1) is 13.1 Å². The number of imidazole rings is 1. The van der Waals surface area contributed by atoms with E-state index in [9.17, 15) is 9.59 Å². The third kappa shape index (κ3) is 7.42. The minimum atomic E-state index is -0.328. The molecule has 1 aliphatic carbocycles. The molecule has 52 heavy (non-hydrogen) atoms. The Morgan fingerprint density at radius 2 is 1.69 bits per heavy atom. The van der Waals surface area contributed by atoms with Crippen LogP contribution in [0.1, 0.15) is 64.3 Å². The third-order valence-electron chi connectivity index (χ3n) is 10.1. The second-order valence-electron chi connectivity index (χ2n) is 13.4. The summed E-state index contributed by atoms with van der Waals surface area (Å²) in [5.74, 6) is 2.06. The molecule has 3 heterocycles. The van der Waals surface area contributed by atoms with E-state index < -0.39 is 0 Å². The van der Waals surface area contributed by atoms with Crippen LogP contribution in [0.4, 0.5) is 11.4 Å². The molecule has 7 rings (SSSR count). The SMILES string of the molecule is CCN1C(=CC2=C(SCCCCCC(=O)Nc3ccc(B4OCCCO4)cc3)C(=Cc3n(CC)c4ccccc4[n+]3CC)C2=O)Cc2ccccc21. The second kappa shape index (κ2) is 16.5. The highest BCUT2D eigenvalue weighted by molar-refractivity contribution is 8.03. The molecule has 0 bridgehead atoms. The van der Waals surface area contributed by atoms with Crippen molar-refractivity contribution in [2.45, 2.75) is 72.4 Å². The molecule has 3 aliphatic rings. The first-order chi connectivity index (χ1) is 25.5. The molecule has 10 heteroatoms. The van der Waals surface area contributed by atoms with Gasteiger partial charge in [-0.3, -0.25) is 9.59 Å². The number of unbranched alkanes of at least 4 members (excludes halogenated alkanes) is 2. The fraction of sp³-hybridized carbons (Fsp3) is 0.357. The number of hydrogen-bond donors (Lipinski definition) is 1. The van der Waals surface area contributed by atoms with Gasteiger partial charge in [0.1, 0.15) is 0 Å². The van der Waals surface area contributed by atoms with Crippen LogP contribution in [0, 0.1) is 0 Å². The number of aromatic nitrogens is 2. The predicted molar refractivity (Wildman–Crippen MR) is 213 cm³/mol. The Bertz CT molecular complexity index is 2000. The summed E-state index contributed by atoms with van der Waals surface area (Å²) in [6.07, 6.45) is 9.17. The van der Waals surface area contributed by atoms with E-state index in [1.807, 2.05) is 24.3 Å². The van der Waals surface area contributed by atoms with Crippen molar-refractivity contribution in [3.8, 4) is 0 Å². The summed E-state index contributed by atoms with van der Waals surface area (Å²) in [6.45, 7) is 10.4. The van der Waals surface area contributed by atoms with Crippen molar-refractivity contribution < 1.29 is 23.5 Å². The van der Waals surface area contributed by atoms with Gasteiger partial charge in [-0.15, -0.1) is 11.8 Å². The minimum Gasteiger partial charge on any atom is -0.407 e. The van der Waals surface area contributed by atoms with Crippen molar-refractivity contribution in [3.63, 3.8) is 0 Å². The molecule has 1 saturated heterocycles. The number of aryl methyl sites for hydroxylation is 2. The van der Waals surface area contributed by atoms with Crippen molar-refractivity contribution in [1.29, 1.82) is 0 Å². The van der Waals surface area contributed by atoms with Crippen LogP contribution in [0.15, 0.2) is 101 Å². The van der Waals surface area contributed by atoms with Gasteiger partial charge in [0.25, 0.3) is 5.82 Å². The number of carbonyl (C=O) groups is 2. The standard InChI is InChI=1S/C42H47BN4O4S/c1-4-45-33(27-30-15-9-10-16-36(30)45)28-34-41(49)35(29-40-46(5-2)37-17-11-12-18-38(37)47(40)6-3)42(34)52-26-13-7-8-19-39(48)44-32-22-20-31(21-23-32)43-50-24-14-25-51-43/h9-12,15-18,20-23,28-29H,4-8,13-14,19,24-27H2,1-3H3/p+1. The van der Waals surface area contributed by atoms with Gasteiger partial charge in [0, 0.05) is 71.8 Å². The van der Waals surface area contributed by atoms with Crippen LogP contribution >= 0.6 is 11.8 Å². The number of likely N-dealkylation sites (N-methyl/N-ethyl adjacent to an activating group) is 1. The fourth-order valence-corrected chi connectivity index (χ4v) is 8.69. The van der Waals surface area contributed by atoms with Gasteiger partial charge in [0.2, 0.25) is 5.91 Å². The summed E-state index contributed by atoms with van der Waals surface area (Å²) in [4.78, 5) is 30.2. The number of para-hydroxylation sites is 3. The smallest absolute Gasteiger partial charge is 0.407 e. The van der Waals surface area contributed by atoms with E-state index in [1.165, 1.54) is 28.0 Å². The summed E-state index contributed by atoms with van der Waals surface area (Å²) >= 11 is 1.77. The number of amides is 1. The number of benzene rings is 3. The average molecular weight is 716 g/mol. The van der Waals surface area contributed by atoms with E-state index in [0.29, 0.717) is 19.6 Å². The number of nitrogens with one attached hydrogen (secondary N) is 1. The van der Waals surface area contributed by atoms with Gasteiger partial charge in [0.15, 0.2) is 16.8 Å². The predicted octanol–water partition coefficient (Wildman–Crippen LogP) is 7.22. The van der Waals surface area contributed by atoms with E-state index >= 15 is 0 Å². The van der Waals surface area contributed by atoms with Gasteiger partial charge in [-0.05, 0) is 93.2 Å². The minimum absolute atomic E-state index is 0.0191. The molecule has 0 unspecified atom stereocenters. The fourth-order valence-electron chi connectivity index (χ4n) is 7.52. The number of hydrogen-bond acceptors (Lipinski definition) is 6. The Labute approximate surface area is 311 Å². The zero-order chi connectivity index (χ0) is 36.0. The van der Waals surface area contributed by atoms with E-state index in [-0.39, 0.29) is 18.8 Å². The molecule has 3 aromatic carbocycles. The van der Waals surface area contributed by atoms with E-state index in [0.717, 1.165) is 90.5 Å². The zero-order valence-corrected chi connectivity index (χ0v) is 31.3. The molecule has 4 aromatic rings. The maximum absolute atomic E-state index is 14.0. The molecule has 1 fully saturated rings. The number of thioether (sulfide) groups is 1. The van der Waals surface area contributed by atoms with Crippen molar-refractivity contribution in [2.24, 2.45) is 0 Å². The first kappa shape index (κ1) is 36.0. The Balaban J connectivity index is 1.03. The molecule has 2 aliphatic heterocycles. The van der Waals surface area contributed by atoms with Gasteiger partial charge in [-0.25, -0.2) is 9.13 Å². The Morgan fingerprint density at radius 3 is 2.46 bits per heavy atom. The molecular weight excluding hydrogens is 667 g/mol. The lowest BCUT2D eigenvalue weighted by Crippen LogP contribution is -2.40. The zero-order valence-electron chi connectivity index (χ0n) is 30.5. The Morgan fingerprint density at radius 1 is 0.923 bits per heavy atom. The highest BCUT2D eigenvalue weighted by Gasteiger charge is 2.36. The largest absolute Gasteiger partial charge is 0.493 e. The molecule has 1 amide bonds. The number of anilines is 2. The molecule has 1 aromatic heterocycles. The number of carbonyl (C=O) groups excluding carboxylic acids is 2. The number of allylic oxidation sites excluding steroid dienone is 4. The summed E-state index contributed by atoms with van der Waals surface area (Å²) in [5, 5.41) is 3.02. The van der Waals surface area contributed by atoms with Crippen LogP contribution in [-0.2, 0) is 38.4 Å². The number of rotatable bonds is 14. The van der Waals surface area contributed by atoms with Gasteiger partial charge >= 0.3 is 7.12 Å².